The van der Waals surface area contributed by atoms with Gasteiger partial charge in [-0.15, -0.1) is 0 Å². The summed E-state index contributed by atoms with van der Waals surface area (Å²) in [5.41, 5.74) is 0. The van der Waals surface area contributed by atoms with Crippen molar-refractivity contribution in [3.63, 3.8) is 0 Å². The lowest BCUT2D eigenvalue weighted by atomic mass is 9.92. The maximum Gasteiger partial charge on any atom is 0.0107 e. The summed E-state index contributed by atoms with van der Waals surface area (Å²) < 4.78 is 0. The van der Waals surface area contributed by atoms with E-state index < -0.39 is 0 Å². The highest BCUT2D eigenvalue weighted by molar-refractivity contribution is 4.72. The molecule has 0 atom stereocenters. The summed E-state index contributed by atoms with van der Waals surface area (Å²) in [6.07, 6.45) is 6.97. The van der Waals surface area contributed by atoms with Crippen LogP contribution in [0.25, 0.3) is 0 Å². The van der Waals surface area contributed by atoms with Crippen molar-refractivity contribution in [1.82, 2.24) is 10.2 Å². The standard InChI is InChI=1S/C15H32N2/c1-4-5-15-7-11-17(12-8-15)13-10-16-9-6-14(2)3/h14-16H,4-13H2,1-3H3. The third-order valence-electron chi connectivity index (χ3n) is 3.91. The fourth-order valence-electron chi connectivity index (χ4n) is 2.66. The van der Waals surface area contributed by atoms with Crippen molar-refractivity contribution in [3.8, 4) is 0 Å². The molecule has 0 amide bonds. The van der Waals surface area contributed by atoms with Crippen LogP contribution in [-0.2, 0) is 0 Å². The van der Waals surface area contributed by atoms with Gasteiger partial charge in [-0.05, 0) is 50.7 Å². The summed E-state index contributed by atoms with van der Waals surface area (Å²) in [7, 11) is 0. The maximum absolute atomic E-state index is 3.56. The van der Waals surface area contributed by atoms with E-state index in [4.69, 9.17) is 0 Å². The lowest BCUT2D eigenvalue weighted by Crippen LogP contribution is -2.38. The van der Waals surface area contributed by atoms with Crippen LogP contribution in [0.5, 0.6) is 0 Å². The molecule has 0 aromatic rings. The molecular formula is C15H32N2. The molecule has 1 N–H and O–H groups in total. The van der Waals surface area contributed by atoms with E-state index in [1.54, 1.807) is 0 Å². The van der Waals surface area contributed by atoms with Crippen LogP contribution in [0, 0.1) is 11.8 Å². The molecule has 17 heavy (non-hydrogen) atoms. The lowest BCUT2D eigenvalue weighted by molar-refractivity contribution is 0.179. The zero-order valence-electron chi connectivity index (χ0n) is 12.2. The van der Waals surface area contributed by atoms with Crippen molar-refractivity contribution >= 4 is 0 Å². The van der Waals surface area contributed by atoms with Crippen molar-refractivity contribution in [2.24, 2.45) is 11.8 Å². The first-order chi connectivity index (χ1) is 8.22. The summed E-state index contributed by atoms with van der Waals surface area (Å²) in [4.78, 5) is 2.63. The van der Waals surface area contributed by atoms with E-state index in [9.17, 15) is 0 Å². The molecular weight excluding hydrogens is 208 g/mol. The van der Waals surface area contributed by atoms with Gasteiger partial charge in [-0.3, -0.25) is 0 Å². The van der Waals surface area contributed by atoms with Crippen LogP contribution in [0.15, 0.2) is 0 Å². The lowest BCUT2D eigenvalue weighted by Gasteiger charge is -2.31. The maximum atomic E-state index is 3.56. The predicted molar refractivity (Wildman–Crippen MR) is 76.4 cm³/mol. The van der Waals surface area contributed by atoms with E-state index in [0.717, 1.165) is 11.8 Å². The Balaban J connectivity index is 1.95. The zero-order valence-corrected chi connectivity index (χ0v) is 12.2. The number of nitrogens with one attached hydrogen (secondary N) is 1. The minimum Gasteiger partial charge on any atom is -0.315 e. The molecule has 102 valence electrons. The van der Waals surface area contributed by atoms with Crippen LogP contribution < -0.4 is 5.32 Å². The van der Waals surface area contributed by atoms with E-state index >= 15 is 0 Å². The minimum absolute atomic E-state index is 0.826. The Morgan fingerprint density at radius 1 is 1.18 bits per heavy atom. The van der Waals surface area contributed by atoms with E-state index in [1.807, 2.05) is 0 Å². The molecule has 0 saturated carbocycles. The van der Waals surface area contributed by atoms with Gasteiger partial charge in [0.2, 0.25) is 0 Å². The summed E-state index contributed by atoms with van der Waals surface area (Å²) in [6.45, 7) is 13.2. The third-order valence-corrected chi connectivity index (χ3v) is 3.91. The van der Waals surface area contributed by atoms with Crippen LogP contribution in [0.4, 0.5) is 0 Å². The second-order valence-corrected chi connectivity index (χ2v) is 6.01. The molecule has 0 aromatic heterocycles. The Labute approximate surface area is 108 Å². The van der Waals surface area contributed by atoms with Gasteiger partial charge >= 0.3 is 0 Å². The fraction of sp³-hybridized carbons (Fsp3) is 1.00. The van der Waals surface area contributed by atoms with Gasteiger partial charge in [0.25, 0.3) is 0 Å². The van der Waals surface area contributed by atoms with Crippen molar-refractivity contribution in [3.05, 3.63) is 0 Å². The molecule has 0 bridgehead atoms. The zero-order chi connectivity index (χ0) is 12.5. The number of hydrogen-bond acceptors (Lipinski definition) is 2. The largest absolute Gasteiger partial charge is 0.315 e. The van der Waals surface area contributed by atoms with E-state index in [0.29, 0.717) is 0 Å². The van der Waals surface area contributed by atoms with Gasteiger partial charge in [0, 0.05) is 13.1 Å². The summed E-state index contributed by atoms with van der Waals surface area (Å²) in [6, 6.07) is 0. The molecule has 0 aliphatic carbocycles. The Morgan fingerprint density at radius 3 is 2.47 bits per heavy atom. The fourth-order valence-corrected chi connectivity index (χ4v) is 2.66. The topological polar surface area (TPSA) is 15.3 Å². The highest BCUT2D eigenvalue weighted by Crippen LogP contribution is 2.21. The van der Waals surface area contributed by atoms with Gasteiger partial charge in [-0.2, -0.15) is 0 Å². The Bertz CT molecular complexity index is 172. The SMILES string of the molecule is CCCC1CCN(CCNCCC(C)C)CC1. The van der Waals surface area contributed by atoms with Gasteiger partial charge in [-0.25, -0.2) is 0 Å². The molecule has 1 aliphatic heterocycles. The van der Waals surface area contributed by atoms with E-state index in [2.05, 4.69) is 31.0 Å². The molecule has 0 radical (unpaired) electrons. The average molecular weight is 240 g/mol. The van der Waals surface area contributed by atoms with Gasteiger partial charge in [0.15, 0.2) is 0 Å². The van der Waals surface area contributed by atoms with Crippen molar-refractivity contribution in [1.29, 1.82) is 0 Å². The van der Waals surface area contributed by atoms with Crippen LogP contribution in [0.1, 0.15) is 52.9 Å². The third kappa shape index (κ3) is 7.05. The van der Waals surface area contributed by atoms with Crippen LogP contribution in [0.3, 0.4) is 0 Å². The molecule has 0 aromatic carbocycles. The van der Waals surface area contributed by atoms with Gasteiger partial charge in [0.1, 0.15) is 0 Å². The number of hydrogen-bond donors (Lipinski definition) is 1. The van der Waals surface area contributed by atoms with E-state index in [-0.39, 0.29) is 0 Å². The molecule has 0 spiro atoms. The summed E-state index contributed by atoms with van der Waals surface area (Å²) in [5.74, 6) is 1.84. The first-order valence-electron chi connectivity index (χ1n) is 7.65. The quantitative estimate of drug-likeness (QED) is 0.656. The van der Waals surface area contributed by atoms with Crippen LogP contribution in [-0.4, -0.2) is 37.6 Å². The number of likely N-dealkylation sites (tertiary alicyclic amines) is 1. The Morgan fingerprint density at radius 2 is 1.88 bits per heavy atom. The van der Waals surface area contributed by atoms with Crippen LogP contribution in [0.2, 0.25) is 0 Å². The summed E-state index contributed by atoms with van der Waals surface area (Å²) >= 11 is 0. The monoisotopic (exact) mass is 240 g/mol. The highest BCUT2D eigenvalue weighted by atomic mass is 15.1. The van der Waals surface area contributed by atoms with Crippen molar-refractivity contribution in [2.45, 2.75) is 52.9 Å². The number of piperidine rings is 1. The first-order valence-corrected chi connectivity index (χ1v) is 7.65. The second-order valence-electron chi connectivity index (χ2n) is 6.01. The highest BCUT2D eigenvalue weighted by Gasteiger charge is 2.17. The number of rotatable bonds is 8. The van der Waals surface area contributed by atoms with Crippen molar-refractivity contribution in [2.75, 3.05) is 32.7 Å². The van der Waals surface area contributed by atoms with Crippen LogP contribution >= 0.6 is 0 Å². The van der Waals surface area contributed by atoms with Gasteiger partial charge < -0.3 is 10.2 Å². The molecule has 1 heterocycles. The molecule has 1 aliphatic rings. The molecule has 2 heteroatoms. The summed E-state index contributed by atoms with van der Waals surface area (Å²) in [5, 5.41) is 3.56. The molecule has 1 saturated heterocycles. The van der Waals surface area contributed by atoms with E-state index in [1.165, 1.54) is 64.8 Å². The second kappa shape index (κ2) is 8.93. The Hall–Kier alpha value is -0.0800. The smallest absolute Gasteiger partial charge is 0.0107 e. The molecule has 1 rings (SSSR count). The predicted octanol–water partition coefficient (Wildman–Crippen LogP) is 3.13. The average Bonchev–Trinajstić information content (AvgIpc) is 2.31. The molecule has 1 fully saturated rings. The minimum atomic E-state index is 0.826. The molecule has 2 nitrogen and oxygen atoms in total. The number of nitrogens with zero attached hydrogens (tertiary/aromatic N) is 1. The van der Waals surface area contributed by atoms with Crippen molar-refractivity contribution < 1.29 is 0 Å². The Kier molecular flexibility index (Phi) is 7.87. The first kappa shape index (κ1) is 15.0. The van der Waals surface area contributed by atoms with Gasteiger partial charge in [0.05, 0.1) is 0 Å². The normalized spacial score (nSPS) is 19.1. The van der Waals surface area contributed by atoms with Gasteiger partial charge in [-0.1, -0.05) is 33.6 Å². The molecule has 0 unspecified atom stereocenters.